The molecule has 0 aromatic rings. The van der Waals surface area contributed by atoms with Crippen LogP contribution in [0.15, 0.2) is 0 Å². The third-order valence-corrected chi connectivity index (χ3v) is 6.93. The van der Waals surface area contributed by atoms with Crippen LogP contribution in [0, 0.1) is 0 Å². The van der Waals surface area contributed by atoms with Crippen LogP contribution >= 0.6 is 0 Å². The molecule has 42 heavy (non-hydrogen) atoms. The predicted octanol–water partition coefficient (Wildman–Crippen LogP) is -2.34. The van der Waals surface area contributed by atoms with Crippen molar-refractivity contribution < 1.29 is 24.0 Å². The van der Waals surface area contributed by atoms with Crippen LogP contribution in [0.25, 0.3) is 0 Å². The van der Waals surface area contributed by atoms with Gasteiger partial charge in [-0.25, -0.2) is 0 Å². The topological polar surface area (TPSA) is 115 Å². The van der Waals surface area contributed by atoms with Gasteiger partial charge < -0.3 is 24.5 Å². The molecule has 0 spiro atoms. The summed E-state index contributed by atoms with van der Waals surface area (Å²) in [5, 5.41) is 0. The Balaban J connectivity index is 5.83. The van der Waals surface area contributed by atoms with Crippen LogP contribution in [0.4, 0.5) is 0 Å². The number of carbonyl (C=O) groups excluding carboxylic acids is 5. The lowest BCUT2D eigenvalue weighted by Crippen LogP contribution is -2.49. The summed E-state index contributed by atoms with van der Waals surface area (Å²) in [5.74, 6) is -0.355. The molecule has 0 aliphatic rings. The van der Waals surface area contributed by atoms with Crippen molar-refractivity contribution in [2.24, 2.45) is 0 Å². The van der Waals surface area contributed by atoms with Gasteiger partial charge in [-0.2, -0.15) is 0 Å². The Morgan fingerprint density at radius 2 is 0.524 bits per heavy atom. The number of amides is 5. The summed E-state index contributed by atoms with van der Waals surface area (Å²) >= 11 is 0. The van der Waals surface area contributed by atoms with Gasteiger partial charge in [0.25, 0.3) is 0 Å². The van der Waals surface area contributed by atoms with Gasteiger partial charge in [-0.1, -0.05) is 6.92 Å². The summed E-state index contributed by atoms with van der Waals surface area (Å²) in [6.07, 6.45) is 0. The Kier molecular flexibility index (Phi) is 18.8. The van der Waals surface area contributed by atoms with E-state index in [2.05, 4.69) is 9.80 Å². The molecular formula is C28H57N9O5. The first-order valence-electron chi connectivity index (χ1n) is 14.4. The van der Waals surface area contributed by atoms with Crippen molar-refractivity contribution >= 4 is 29.5 Å². The second-order valence-corrected chi connectivity index (χ2v) is 11.6. The molecule has 0 aromatic carbocycles. The average Bonchev–Trinajstić information content (AvgIpc) is 2.90. The Morgan fingerprint density at radius 3 is 0.738 bits per heavy atom. The lowest BCUT2D eigenvalue weighted by molar-refractivity contribution is -0.134. The Bertz CT molecular complexity index is 769. The van der Waals surface area contributed by atoms with Crippen LogP contribution in [0.2, 0.25) is 0 Å². The maximum atomic E-state index is 12.5. The Hall–Kier alpha value is -2.81. The molecule has 0 aliphatic carbocycles. The van der Waals surface area contributed by atoms with Gasteiger partial charge in [-0.3, -0.25) is 43.6 Å². The van der Waals surface area contributed by atoms with Crippen LogP contribution in [-0.2, 0) is 24.0 Å². The maximum Gasteiger partial charge on any atom is 0.236 e. The fourth-order valence-corrected chi connectivity index (χ4v) is 3.62. The van der Waals surface area contributed by atoms with E-state index in [1.807, 2.05) is 16.7 Å². The van der Waals surface area contributed by atoms with E-state index in [0.717, 1.165) is 0 Å². The highest BCUT2D eigenvalue weighted by atomic mass is 16.2. The van der Waals surface area contributed by atoms with Crippen LogP contribution in [-0.4, -0.2) is 223 Å². The highest BCUT2D eigenvalue weighted by molar-refractivity contribution is 5.81. The lowest BCUT2D eigenvalue weighted by Gasteiger charge is -2.32. The highest BCUT2D eigenvalue weighted by Gasteiger charge is 2.21. The van der Waals surface area contributed by atoms with Crippen molar-refractivity contribution in [1.82, 2.24) is 44.1 Å². The van der Waals surface area contributed by atoms with E-state index in [0.29, 0.717) is 52.4 Å². The van der Waals surface area contributed by atoms with Crippen LogP contribution < -0.4 is 0 Å². The summed E-state index contributed by atoms with van der Waals surface area (Å²) in [4.78, 5) is 77.9. The van der Waals surface area contributed by atoms with Crippen LogP contribution in [0.3, 0.4) is 0 Å². The first-order chi connectivity index (χ1) is 19.5. The molecule has 0 aromatic heterocycles. The monoisotopic (exact) mass is 599 g/mol. The predicted molar refractivity (Wildman–Crippen MR) is 165 cm³/mol. The molecule has 0 heterocycles. The molecule has 14 nitrogen and oxygen atoms in total. The SMILES string of the molecule is CCN(CCN(CCN(CC(=O)N(C)C)CC(=O)N(C)C)CCN(CC(=O)N(C)C)CC(=O)N(C)C)CC(=O)N(C)C. The number of hydrogen-bond acceptors (Lipinski definition) is 9. The van der Waals surface area contributed by atoms with Gasteiger partial charge in [-0.15, -0.1) is 0 Å². The Morgan fingerprint density at radius 1 is 0.333 bits per heavy atom. The molecule has 0 atom stereocenters. The van der Waals surface area contributed by atoms with Crippen LogP contribution in [0.5, 0.6) is 0 Å². The zero-order valence-corrected chi connectivity index (χ0v) is 28.1. The minimum atomic E-state index is -0.0944. The van der Waals surface area contributed by atoms with Crippen molar-refractivity contribution in [3.05, 3.63) is 0 Å². The van der Waals surface area contributed by atoms with E-state index in [9.17, 15) is 24.0 Å². The van der Waals surface area contributed by atoms with Crippen LogP contribution in [0.1, 0.15) is 6.92 Å². The van der Waals surface area contributed by atoms with Gasteiger partial charge in [0.2, 0.25) is 29.5 Å². The van der Waals surface area contributed by atoms with Crippen molar-refractivity contribution in [3.63, 3.8) is 0 Å². The molecule has 5 amide bonds. The van der Waals surface area contributed by atoms with E-state index >= 15 is 0 Å². The summed E-state index contributed by atoms with van der Waals surface area (Å²) in [7, 11) is 17.0. The van der Waals surface area contributed by atoms with Crippen molar-refractivity contribution in [3.8, 4) is 0 Å². The van der Waals surface area contributed by atoms with E-state index in [1.54, 1.807) is 75.4 Å². The molecule has 0 radical (unpaired) electrons. The fraction of sp³-hybridized carbons (Fsp3) is 0.821. The smallest absolute Gasteiger partial charge is 0.236 e. The molecule has 0 saturated carbocycles. The first-order valence-corrected chi connectivity index (χ1v) is 14.4. The van der Waals surface area contributed by atoms with Crippen molar-refractivity contribution in [1.29, 1.82) is 0 Å². The third-order valence-electron chi connectivity index (χ3n) is 6.93. The minimum absolute atomic E-state index is 0.0227. The van der Waals surface area contributed by atoms with Gasteiger partial charge >= 0.3 is 0 Å². The second-order valence-electron chi connectivity index (χ2n) is 11.6. The standard InChI is InChI=1S/C28H57N9O5/c1-12-34(19-24(38)29(2)3)13-14-35(15-17-36(20-25(39)30(4)5)21-26(40)31(6)7)16-18-37(22-27(41)32(8)9)23-28(42)33(10)11/h12-23H2,1-11H3. The van der Waals surface area contributed by atoms with Gasteiger partial charge in [0, 0.05) is 110 Å². The van der Waals surface area contributed by atoms with E-state index < -0.39 is 0 Å². The summed E-state index contributed by atoms with van der Waals surface area (Å²) < 4.78 is 0. The molecule has 0 fully saturated rings. The minimum Gasteiger partial charge on any atom is -0.348 e. The zero-order chi connectivity index (χ0) is 32.6. The Labute approximate surface area is 253 Å². The van der Waals surface area contributed by atoms with Gasteiger partial charge in [-0.05, 0) is 6.54 Å². The number of hydrogen-bond donors (Lipinski definition) is 0. The van der Waals surface area contributed by atoms with Crippen molar-refractivity contribution in [2.45, 2.75) is 6.92 Å². The molecular weight excluding hydrogens is 542 g/mol. The van der Waals surface area contributed by atoms with Crippen molar-refractivity contribution in [2.75, 3.05) is 149 Å². The van der Waals surface area contributed by atoms with E-state index in [4.69, 9.17) is 0 Å². The third kappa shape index (κ3) is 16.6. The molecule has 0 rings (SSSR count). The maximum absolute atomic E-state index is 12.5. The summed E-state index contributed by atoms with van der Waals surface area (Å²) in [5.41, 5.74) is 0. The number of likely N-dealkylation sites (N-methyl/N-ethyl adjacent to an activating group) is 6. The molecule has 0 bridgehead atoms. The molecule has 0 unspecified atom stereocenters. The first kappa shape index (κ1) is 39.2. The quantitative estimate of drug-likeness (QED) is 0.152. The number of rotatable bonds is 20. The summed E-state index contributed by atoms with van der Waals surface area (Å²) in [6.45, 7) is 6.77. The van der Waals surface area contributed by atoms with Gasteiger partial charge in [0.15, 0.2) is 0 Å². The average molecular weight is 600 g/mol. The lowest BCUT2D eigenvalue weighted by atomic mass is 10.3. The molecule has 0 saturated heterocycles. The van der Waals surface area contributed by atoms with E-state index in [-0.39, 0.29) is 55.7 Å². The summed E-state index contributed by atoms with van der Waals surface area (Å²) in [6, 6.07) is 0. The fourth-order valence-electron chi connectivity index (χ4n) is 3.62. The van der Waals surface area contributed by atoms with Gasteiger partial charge in [0.05, 0.1) is 32.7 Å². The highest BCUT2D eigenvalue weighted by Crippen LogP contribution is 2.01. The number of carbonyl (C=O) groups is 5. The second kappa shape index (κ2) is 20.2. The molecule has 0 N–H and O–H groups in total. The number of nitrogens with zero attached hydrogens (tertiary/aromatic N) is 9. The molecule has 0 aliphatic heterocycles. The normalized spacial score (nSPS) is 11.3. The largest absolute Gasteiger partial charge is 0.348 e. The van der Waals surface area contributed by atoms with E-state index in [1.165, 1.54) is 19.6 Å². The molecule has 14 heteroatoms. The zero-order valence-electron chi connectivity index (χ0n) is 28.1. The molecule has 244 valence electrons. The van der Waals surface area contributed by atoms with Gasteiger partial charge in [0.1, 0.15) is 0 Å².